The Morgan fingerprint density at radius 3 is 2.83 bits per heavy atom. The van der Waals surface area contributed by atoms with E-state index in [-0.39, 0.29) is 0 Å². The largest absolute Gasteiger partial charge is 0.312 e. The summed E-state index contributed by atoms with van der Waals surface area (Å²) in [5, 5.41) is 4.41. The summed E-state index contributed by atoms with van der Waals surface area (Å²) in [5.41, 5.74) is 1.29. The van der Waals surface area contributed by atoms with Crippen molar-refractivity contribution >= 4 is 27.5 Å². The summed E-state index contributed by atoms with van der Waals surface area (Å²) in [7, 11) is 0. The number of halogens is 2. The van der Waals surface area contributed by atoms with Crippen molar-refractivity contribution in [3.8, 4) is 0 Å². The summed E-state index contributed by atoms with van der Waals surface area (Å²) in [6.45, 7) is 2.11. The fourth-order valence-corrected chi connectivity index (χ4v) is 4.51. The highest BCUT2D eigenvalue weighted by Crippen LogP contribution is 2.47. The van der Waals surface area contributed by atoms with Crippen molar-refractivity contribution in [1.82, 2.24) is 5.32 Å². The van der Waals surface area contributed by atoms with Crippen LogP contribution in [-0.2, 0) is 6.54 Å². The van der Waals surface area contributed by atoms with E-state index < -0.39 is 0 Å². The zero-order valence-electron chi connectivity index (χ0n) is 10.5. The third kappa shape index (κ3) is 2.76. The Bertz CT molecular complexity index is 435. The zero-order chi connectivity index (χ0) is 12.5. The molecule has 3 atom stereocenters. The molecule has 1 aromatic rings. The van der Waals surface area contributed by atoms with E-state index >= 15 is 0 Å². The maximum atomic E-state index is 5.95. The number of rotatable bonds is 4. The van der Waals surface area contributed by atoms with Gasteiger partial charge in [-0.3, -0.25) is 0 Å². The maximum Gasteiger partial charge on any atom is 0.0417 e. The van der Waals surface area contributed by atoms with E-state index in [1.54, 1.807) is 0 Å². The lowest BCUT2D eigenvalue weighted by Gasteiger charge is -2.22. The van der Waals surface area contributed by atoms with Crippen molar-refractivity contribution < 1.29 is 0 Å². The lowest BCUT2D eigenvalue weighted by atomic mass is 9.89. The van der Waals surface area contributed by atoms with Gasteiger partial charge in [0, 0.05) is 16.0 Å². The van der Waals surface area contributed by atoms with E-state index in [1.165, 1.54) is 37.8 Å². The molecule has 0 heterocycles. The summed E-state index contributed by atoms with van der Waals surface area (Å²) >= 11 is 9.52. The third-order valence-corrected chi connectivity index (χ3v) is 5.59. The first-order valence-electron chi connectivity index (χ1n) is 6.87. The second-order valence-corrected chi connectivity index (χ2v) is 7.09. The summed E-state index contributed by atoms with van der Waals surface area (Å²) in [6.07, 6.45) is 5.92. The number of nitrogens with one attached hydrogen (secondary N) is 1. The van der Waals surface area contributed by atoms with Crippen LogP contribution in [0.3, 0.4) is 0 Å². The van der Waals surface area contributed by atoms with E-state index in [2.05, 4.69) is 27.3 Å². The van der Waals surface area contributed by atoms with E-state index in [0.717, 1.165) is 33.8 Å². The van der Waals surface area contributed by atoms with Crippen LogP contribution in [0.1, 0.15) is 31.2 Å². The van der Waals surface area contributed by atoms with Gasteiger partial charge in [0.1, 0.15) is 0 Å². The molecule has 1 N–H and O–H groups in total. The number of hydrogen-bond donors (Lipinski definition) is 1. The highest BCUT2D eigenvalue weighted by Gasteiger charge is 2.38. The first kappa shape index (κ1) is 13.0. The normalized spacial score (nSPS) is 30.0. The van der Waals surface area contributed by atoms with Crippen LogP contribution < -0.4 is 5.32 Å². The van der Waals surface area contributed by atoms with Crippen LogP contribution >= 0.6 is 27.5 Å². The molecule has 0 aromatic heterocycles. The standard InChI is InChI=1S/C15H19BrClN/c16-15-7-14(17)4-3-12(15)8-18-9-13-6-10-1-2-11(13)5-10/h3-4,7,10-11,13,18H,1-2,5-6,8-9H2. The molecule has 0 aliphatic heterocycles. The van der Waals surface area contributed by atoms with Gasteiger partial charge < -0.3 is 5.32 Å². The molecule has 0 radical (unpaired) electrons. The van der Waals surface area contributed by atoms with Crippen LogP contribution in [0.15, 0.2) is 22.7 Å². The van der Waals surface area contributed by atoms with Crippen molar-refractivity contribution in [2.75, 3.05) is 6.54 Å². The topological polar surface area (TPSA) is 12.0 Å². The second kappa shape index (κ2) is 5.52. The Labute approximate surface area is 122 Å². The van der Waals surface area contributed by atoms with Gasteiger partial charge in [-0.1, -0.05) is 40.0 Å². The molecule has 3 rings (SSSR count). The van der Waals surface area contributed by atoms with Gasteiger partial charge in [-0.05, 0) is 61.3 Å². The smallest absolute Gasteiger partial charge is 0.0417 e. The van der Waals surface area contributed by atoms with Crippen molar-refractivity contribution in [3.05, 3.63) is 33.3 Å². The Balaban J connectivity index is 1.50. The van der Waals surface area contributed by atoms with Crippen molar-refractivity contribution in [2.24, 2.45) is 17.8 Å². The van der Waals surface area contributed by atoms with E-state index in [9.17, 15) is 0 Å². The predicted molar refractivity (Wildman–Crippen MR) is 79.8 cm³/mol. The average Bonchev–Trinajstić information content (AvgIpc) is 2.94. The van der Waals surface area contributed by atoms with Gasteiger partial charge in [0.25, 0.3) is 0 Å². The number of benzene rings is 1. The quantitative estimate of drug-likeness (QED) is 0.850. The van der Waals surface area contributed by atoms with E-state index in [1.807, 2.05) is 12.1 Å². The fraction of sp³-hybridized carbons (Fsp3) is 0.600. The van der Waals surface area contributed by atoms with Gasteiger partial charge in [0.15, 0.2) is 0 Å². The van der Waals surface area contributed by atoms with Gasteiger partial charge in [-0.15, -0.1) is 0 Å². The second-order valence-electron chi connectivity index (χ2n) is 5.80. The molecule has 18 heavy (non-hydrogen) atoms. The van der Waals surface area contributed by atoms with Crippen molar-refractivity contribution in [3.63, 3.8) is 0 Å². The molecule has 0 amide bonds. The summed E-state index contributed by atoms with van der Waals surface area (Å²) in [5.74, 6) is 2.98. The fourth-order valence-electron chi connectivity index (χ4n) is 3.68. The molecule has 3 heteroatoms. The molecule has 2 aliphatic rings. The highest BCUT2D eigenvalue weighted by atomic mass is 79.9. The van der Waals surface area contributed by atoms with Gasteiger partial charge in [-0.2, -0.15) is 0 Å². The predicted octanol–water partition coefficient (Wildman–Crippen LogP) is 4.63. The molecule has 0 spiro atoms. The Hall–Kier alpha value is -0.0500. The molecule has 3 unspecified atom stereocenters. The van der Waals surface area contributed by atoms with Gasteiger partial charge in [0.2, 0.25) is 0 Å². The summed E-state index contributed by atoms with van der Waals surface area (Å²) < 4.78 is 1.11. The molecular weight excluding hydrogens is 310 g/mol. The van der Waals surface area contributed by atoms with Gasteiger partial charge in [-0.25, -0.2) is 0 Å². The SMILES string of the molecule is Clc1ccc(CNCC2CC3CCC2C3)c(Br)c1. The van der Waals surface area contributed by atoms with Crippen LogP contribution in [0, 0.1) is 17.8 Å². The maximum absolute atomic E-state index is 5.95. The van der Waals surface area contributed by atoms with Crippen LogP contribution in [0.5, 0.6) is 0 Å². The minimum Gasteiger partial charge on any atom is -0.312 e. The van der Waals surface area contributed by atoms with E-state index in [0.29, 0.717) is 0 Å². The van der Waals surface area contributed by atoms with Crippen LogP contribution in [0.25, 0.3) is 0 Å². The average molecular weight is 329 g/mol. The molecule has 2 aliphatic carbocycles. The first-order valence-corrected chi connectivity index (χ1v) is 8.04. The molecule has 1 nitrogen and oxygen atoms in total. The Morgan fingerprint density at radius 1 is 1.28 bits per heavy atom. The Kier molecular flexibility index (Phi) is 3.97. The third-order valence-electron chi connectivity index (χ3n) is 4.62. The van der Waals surface area contributed by atoms with Crippen molar-refractivity contribution in [1.29, 1.82) is 0 Å². The van der Waals surface area contributed by atoms with Crippen LogP contribution in [-0.4, -0.2) is 6.54 Å². The molecular formula is C15H19BrClN. The van der Waals surface area contributed by atoms with Crippen LogP contribution in [0.2, 0.25) is 5.02 Å². The molecule has 2 saturated carbocycles. The lowest BCUT2D eigenvalue weighted by molar-refractivity contribution is 0.318. The molecule has 0 saturated heterocycles. The monoisotopic (exact) mass is 327 g/mol. The summed E-state index contributed by atoms with van der Waals surface area (Å²) in [6, 6.07) is 6.02. The molecule has 2 bridgehead atoms. The number of fused-ring (bicyclic) bond motifs is 2. The minimum atomic E-state index is 0.790. The highest BCUT2D eigenvalue weighted by molar-refractivity contribution is 9.10. The molecule has 1 aromatic carbocycles. The van der Waals surface area contributed by atoms with Crippen LogP contribution in [0.4, 0.5) is 0 Å². The number of hydrogen-bond acceptors (Lipinski definition) is 1. The van der Waals surface area contributed by atoms with Crippen molar-refractivity contribution in [2.45, 2.75) is 32.2 Å². The van der Waals surface area contributed by atoms with E-state index in [4.69, 9.17) is 11.6 Å². The Morgan fingerprint density at radius 2 is 2.17 bits per heavy atom. The van der Waals surface area contributed by atoms with Gasteiger partial charge in [0.05, 0.1) is 0 Å². The van der Waals surface area contributed by atoms with Gasteiger partial charge >= 0.3 is 0 Å². The zero-order valence-corrected chi connectivity index (χ0v) is 12.8. The first-order chi connectivity index (χ1) is 8.72. The minimum absolute atomic E-state index is 0.790. The molecule has 98 valence electrons. The summed E-state index contributed by atoms with van der Waals surface area (Å²) in [4.78, 5) is 0. The lowest BCUT2D eigenvalue weighted by Crippen LogP contribution is -2.26. The molecule has 2 fully saturated rings.